The van der Waals surface area contributed by atoms with Gasteiger partial charge in [-0.05, 0) is 42.3 Å². The average Bonchev–Trinajstić information content (AvgIpc) is 2.54. The number of nitrogens with two attached hydrogens (primary N) is 1. The third-order valence-corrected chi connectivity index (χ3v) is 3.11. The molecular formula is C18H18N2O. The van der Waals surface area contributed by atoms with E-state index in [2.05, 4.69) is 17.2 Å². The van der Waals surface area contributed by atoms with E-state index in [9.17, 15) is 4.79 Å². The van der Waals surface area contributed by atoms with Gasteiger partial charge < -0.3 is 11.1 Å². The van der Waals surface area contributed by atoms with Crippen LogP contribution in [0, 0.1) is 11.8 Å². The normalized spacial score (nSPS) is 9.62. The Morgan fingerprint density at radius 3 is 2.62 bits per heavy atom. The summed E-state index contributed by atoms with van der Waals surface area (Å²) >= 11 is 0. The van der Waals surface area contributed by atoms with Crippen LogP contribution in [0.5, 0.6) is 0 Å². The lowest BCUT2D eigenvalue weighted by molar-refractivity contribution is 0.102. The molecular weight excluding hydrogens is 260 g/mol. The molecule has 0 spiro atoms. The number of carbonyl (C=O) groups is 1. The van der Waals surface area contributed by atoms with Crippen molar-refractivity contribution in [3.63, 3.8) is 0 Å². The van der Waals surface area contributed by atoms with Gasteiger partial charge in [-0.2, -0.15) is 0 Å². The molecule has 3 N–H and O–H groups in total. The van der Waals surface area contributed by atoms with Gasteiger partial charge in [-0.25, -0.2) is 0 Å². The van der Waals surface area contributed by atoms with Crippen molar-refractivity contribution in [2.45, 2.75) is 13.3 Å². The summed E-state index contributed by atoms with van der Waals surface area (Å²) < 4.78 is 0. The second kappa shape index (κ2) is 7.28. The Morgan fingerprint density at radius 2 is 1.95 bits per heavy atom. The lowest BCUT2D eigenvalue weighted by Crippen LogP contribution is -2.13. The van der Waals surface area contributed by atoms with Crippen LogP contribution in [-0.2, 0) is 6.42 Å². The lowest BCUT2D eigenvalue weighted by atomic mass is 10.1. The monoisotopic (exact) mass is 278 g/mol. The number of anilines is 1. The van der Waals surface area contributed by atoms with E-state index in [1.54, 1.807) is 12.1 Å². The number of hydrogen-bond acceptors (Lipinski definition) is 2. The molecule has 3 heteroatoms. The van der Waals surface area contributed by atoms with E-state index in [4.69, 9.17) is 5.73 Å². The maximum Gasteiger partial charge on any atom is 0.255 e. The Balaban J connectivity index is 2.22. The molecule has 0 aliphatic carbocycles. The molecule has 2 aromatic carbocycles. The molecule has 106 valence electrons. The fourth-order valence-electron chi connectivity index (χ4n) is 2.02. The number of carbonyl (C=O) groups excluding carboxylic acids is 1. The van der Waals surface area contributed by atoms with E-state index in [1.165, 1.54) is 0 Å². The van der Waals surface area contributed by atoms with E-state index in [1.807, 2.05) is 43.3 Å². The van der Waals surface area contributed by atoms with Crippen LogP contribution in [0.2, 0.25) is 0 Å². The Hall–Kier alpha value is -2.57. The van der Waals surface area contributed by atoms with Gasteiger partial charge in [0, 0.05) is 16.8 Å². The second-order valence-corrected chi connectivity index (χ2v) is 4.55. The first-order valence-corrected chi connectivity index (χ1v) is 6.93. The zero-order valence-electron chi connectivity index (χ0n) is 12.0. The molecule has 0 aliphatic rings. The van der Waals surface area contributed by atoms with E-state index >= 15 is 0 Å². The minimum atomic E-state index is -0.105. The number of amides is 1. The summed E-state index contributed by atoms with van der Waals surface area (Å²) in [6.07, 6.45) is 0.822. The Kier molecular flexibility index (Phi) is 5.14. The molecule has 2 aromatic rings. The predicted octanol–water partition coefficient (Wildman–Crippen LogP) is 2.81. The smallest absolute Gasteiger partial charge is 0.255 e. The minimum absolute atomic E-state index is 0.105. The van der Waals surface area contributed by atoms with E-state index < -0.39 is 0 Å². The van der Waals surface area contributed by atoms with Crippen molar-refractivity contribution in [1.29, 1.82) is 0 Å². The van der Waals surface area contributed by atoms with Gasteiger partial charge in [-0.15, -0.1) is 0 Å². The topological polar surface area (TPSA) is 55.1 Å². The summed E-state index contributed by atoms with van der Waals surface area (Å²) in [5, 5.41) is 2.95. The molecule has 0 atom stereocenters. The fourth-order valence-corrected chi connectivity index (χ4v) is 2.02. The van der Waals surface area contributed by atoms with Crippen molar-refractivity contribution in [2.75, 3.05) is 11.9 Å². The molecule has 0 unspecified atom stereocenters. The number of benzene rings is 2. The van der Waals surface area contributed by atoms with E-state index in [0.29, 0.717) is 12.1 Å². The molecule has 0 heterocycles. The van der Waals surface area contributed by atoms with Crippen molar-refractivity contribution in [3.05, 3.63) is 65.2 Å². The fraction of sp³-hybridized carbons (Fsp3) is 0.167. The van der Waals surface area contributed by atoms with Crippen molar-refractivity contribution in [3.8, 4) is 11.8 Å². The summed E-state index contributed by atoms with van der Waals surface area (Å²) in [5.41, 5.74) is 8.82. The van der Waals surface area contributed by atoms with Crippen LogP contribution in [-0.4, -0.2) is 12.5 Å². The highest BCUT2D eigenvalue weighted by Gasteiger charge is 2.08. The van der Waals surface area contributed by atoms with Crippen LogP contribution in [0.3, 0.4) is 0 Å². The number of nitrogens with one attached hydrogen (secondary N) is 1. The molecule has 0 saturated heterocycles. The first-order valence-electron chi connectivity index (χ1n) is 6.93. The first-order chi connectivity index (χ1) is 10.2. The summed E-state index contributed by atoms with van der Waals surface area (Å²) in [6, 6.07) is 14.9. The van der Waals surface area contributed by atoms with Gasteiger partial charge in [0.1, 0.15) is 0 Å². The van der Waals surface area contributed by atoms with Crippen molar-refractivity contribution in [2.24, 2.45) is 5.73 Å². The maximum atomic E-state index is 12.2. The summed E-state index contributed by atoms with van der Waals surface area (Å²) in [6.45, 7) is 2.39. The van der Waals surface area contributed by atoms with E-state index in [-0.39, 0.29) is 5.91 Å². The SMILES string of the molecule is CCc1cc(C#CCN)ccc1NC(=O)c1ccccc1. The molecule has 0 saturated carbocycles. The zero-order valence-corrected chi connectivity index (χ0v) is 12.0. The van der Waals surface area contributed by atoms with Gasteiger partial charge >= 0.3 is 0 Å². The van der Waals surface area contributed by atoms with Gasteiger partial charge in [-0.1, -0.05) is 37.0 Å². The molecule has 2 rings (SSSR count). The summed E-state index contributed by atoms with van der Waals surface area (Å²) in [7, 11) is 0. The predicted molar refractivity (Wildman–Crippen MR) is 86.1 cm³/mol. The second-order valence-electron chi connectivity index (χ2n) is 4.55. The average molecular weight is 278 g/mol. The van der Waals surface area contributed by atoms with E-state index in [0.717, 1.165) is 23.2 Å². The van der Waals surface area contributed by atoms with Crippen molar-refractivity contribution in [1.82, 2.24) is 0 Å². The molecule has 0 bridgehead atoms. The highest BCUT2D eigenvalue weighted by Crippen LogP contribution is 2.19. The van der Waals surface area contributed by atoms with Crippen LogP contribution in [0.15, 0.2) is 48.5 Å². The first kappa shape index (κ1) is 14.8. The van der Waals surface area contributed by atoms with Gasteiger partial charge in [-0.3, -0.25) is 4.79 Å². The van der Waals surface area contributed by atoms with Crippen LogP contribution >= 0.6 is 0 Å². The van der Waals surface area contributed by atoms with Gasteiger partial charge in [0.15, 0.2) is 0 Å². The molecule has 1 amide bonds. The molecule has 0 aliphatic heterocycles. The lowest BCUT2D eigenvalue weighted by Gasteiger charge is -2.10. The maximum absolute atomic E-state index is 12.2. The molecule has 0 radical (unpaired) electrons. The van der Waals surface area contributed by atoms with Crippen LogP contribution in [0.4, 0.5) is 5.69 Å². The standard InChI is InChI=1S/C18H18N2O/c1-2-15-13-14(7-6-12-19)10-11-17(15)20-18(21)16-8-4-3-5-9-16/h3-5,8-11,13H,2,12,19H2,1H3,(H,20,21). The third kappa shape index (κ3) is 3.95. The minimum Gasteiger partial charge on any atom is -0.322 e. The Bertz CT molecular complexity index is 681. The molecule has 0 aromatic heterocycles. The Morgan fingerprint density at radius 1 is 1.19 bits per heavy atom. The van der Waals surface area contributed by atoms with Crippen LogP contribution in [0.1, 0.15) is 28.4 Å². The zero-order chi connectivity index (χ0) is 15.1. The summed E-state index contributed by atoms with van der Waals surface area (Å²) in [4.78, 5) is 12.2. The third-order valence-electron chi connectivity index (χ3n) is 3.11. The molecule has 0 fully saturated rings. The largest absolute Gasteiger partial charge is 0.322 e. The van der Waals surface area contributed by atoms with Gasteiger partial charge in [0.2, 0.25) is 0 Å². The number of rotatable bonds is 3. The summed E-state index contributed by atoms with van der Waals surface area (Å²) in [5.74, 6) is 5.73. The van der Waals surface area contributed by atoms with Crippen molar-refractivity contribution >= 4 is 11.6 Å². The van der Waals surface area contributed by atoms with Crippen LogP contribution in [0.25, 0.3) is 0 Å². The van der Waals surface area contributed by atoms with Gasteiger partial charge in [0.05, 0.1) is 6.54 Å². The molecule has 21 heavy (non-hydrogen) atoms. The number of aryl methyl sites for hydroxylation is 1. The molecule has 3 nitrogen and oxygen atoms in total. The van der Waals surface area contributed by atoms with Crippen molar-refractivity contribution < 1.29 is 4.79 Å². The van der Waals surface area contributed by atoms with Gasteiger partial charge in [0.25, 0.3) is 5.91 Å². The quantitative estimate of drug-likeness (QED) is 0.848. The van der Waals surface area contributed by atoms with Crippen LogP contribution < -0.4 is 11.1 Å². The Labute approximate surface area is 125 Å². The highest BCUT2D eigenvalue weighted by molar-refractivity contribution is 6.04. The number of hydrogen-bond donors (Lipinski definition) is 2. The highest BCUT2D eigenvalue weighted by atomic mass is 16.1.